The number of carboxylic acid groups (broad SMARTS) is 1. The summed E-state index contributed by atoms with van der Waals surface area (Å²) in [6.07, 6.45) is 2.27. The second-order valence-corrected chi connectivity index (χ2v) is 6.50. The average molecular weight is 409 g/mol. The van der Waals surface area contributed by atoms with E-state index in [1.807, 2.05) is 0 Å². The van der Waals surface area contributed by atoms with E-state index < -0.39 is 48.7 Å². The van der Waals surface area contributed by atoms with Gasteiger partial charge in [-0.3, -0.25) is 24.1 Å². The van der Waals surface area contributed by atoms with Crippen LogP contribution in [0.25, 0.3) is 6.08 Å². The van der Waals surface area contributed by atoms with Gasteiger partial charge in [-0.25, -0.2) is 4.39 Å². The van der Waals surface area contributed by atoms with Crippen LogP contribution in [0.15, 0.2) is 30.1 Å². The fourth-order valence-electron chi connectivity index (χ4n) is 2.77. The number of rotatable bonds is 8. The van der Waals surface area contributed by atoms with Crippen molar-refractivity contribution in [3.8, 4) is 0 Å². The van der Waals surface area contributed by atoms with Crippen molar-refractivity contribution in [1.29, 1.82) is 0 Å². The Kier molecular flexibility index (Phi) is 7.09. The zero-order chi connectivity index (χ0) is 20.8. The Hall–Kier alpha value is -2.96. The molecule has 28 heavy (non-hydrogen) atoms. The molecule has 1 aliphatic rings. The quantitative estimate of drug-likeness (QED) is 0.642. The number of aliphatic carboxylic acids is 1. The largest absolute Gasteiger partial charge is 0.481 e. The fraction of sp³-hybridized carbons (Fsp3) is 0.316. The molecule has 0 radical (unpaired) electrons. The molecule has 1 aliphatic heterocycles. The minimum atomic E-state index is -1.52. The van der Waals surface area contributed by atoms with Crippen LogP contribution in [0, 0.1) is 0 Å². The van der Waals surface area contributed by atoms with Crippen molar-refractivity contribution in [2.24, 2.45) is 0 Å². The summed E-state index contributed by atoms with van der Waals surface area (Å²) in [5.41, 5.74) is 3.64. The molecule has 1 aromatic rings. The highest BCUT2D eigenvalue weighted by molar-refractivity contribution is 6.31. The fourth-order valence-corrected chi connectivity index (χ4v) is 2.94. The second-order valence-electron chi connectivity index (χ2n) is 6.07. The molecule has 1 aromatic carbocycles. The summed E-state index contributed by atoms with van der Waals surface area (Å²) in [5, 5.41) is 11.5. The summed E-state index contributed by atoms with van der Waals surface area (Å²) in [6, 6.07) is 2.15. The van der Waals surface area contributed by atoms with Crippen LogP contribution < -0.4 is 5.32 Å². The van der Waals surface area contributed by atoms with Crippen LogP contribution in [-0.2, 0) is 14.4 Å². The lowest BCUT2D eigenvalue weighted by atomic mass is 10.0. The van der Waals surface area contributed by atoms with Crippen molar-refractivity contribution >= 4 is 41.2 Å². The molecule has 0 aliphatic carbocycles. The summed E-state index contributed by atoms with van der Waals surface area (Å²) in [6.45, 7) is 0.230. The minimum Gasteiger partial charge on any atom is -0.481 e. The topological polar surface area (TPSA) is 104 Å². The number of carbonyl (C=O) groups is 4. The minimum absolute atomic E-state index is 0.162. The van der Waals surface area contributed by atoms with Crippen molar-refractivity contribution in [1.82, 2.24) is 10.2 Å². The lowest BCUT2D eigenvalue weighted by molar-refractivity contribution is -0.140. The third-order valence-electron chi connectivity index (χ3n) is 4.17. The highest BCUT2D eigenvalue weighted by atomic mass is 35.5. The molecular formula is C19H18ClFN2O5. The van der Waals surface area contributed by atoms with Gasteiger partial charge in [0, 0.05) is 10.6 Å². The van der Waals surface area contributed by atoms with Crippen LogP contribution in [-0.4, -0.2) is 52.3 Å². The van der Waals surface area contributed by atoms with Gasteiger partial charge in [-0.1, -0.05) is 24.6 Å². The number of amides is 2. The molecule has 148 valence electrons. The normalized spacial score (nSPS) is 14.8. The van der Waals surface area contributed by atoms with E-state index in [0.29, 0.717) is 10.6 Å². The van der Waals surface area contributed by atoms with Gasteiger partial charge in [-0.2, -0.15) is 0 Å². The summed E-state index contributed by atoms with van der Waals surface area (Å²) in [5.74, 6) is -3.70. The Morgan fingerprint density at radius 3 is 2.68 bits per heavy atom. The van der Waals surface area contributed by atoms with Crippen LogP contribution in [0.1, 0.15) is 35.7 Å². The smallest absolute Gasteiger partial charge is 0.305 e. The lowest BCUT2D eigenvalue weighted by Crippen LogP contribution is -2.52. The molecule has 0 aromatic heterocycles. The summed E-state index contributed by atoms with van der Waals surface area (Å²) >= 11 is 5.96. The number of fused-ring (bicyclic) bond motifs is 1. The SMILES string of the molecule is CC[C@@H](C(=O)NC(CC(=O)O)C(=O)CF)N1C=C=Cc2ccc(Cl)cc2C1=O. The number of halogens is 2. The number of ketones is 1. The molecule has 7 nitrogen and oxygen atoms in total. The van der Waals surface area contributed by atoms with Crippen molar-refractivity contribution in [3.63, 3.8) is 0 Å². The number of Topliss-reactive ketones (excluding diaryl/α,β-unsaturated/α-hetero) is 1. The maximum atomic E-state index is 12.9. The Morgan fingerprint density at radius 1 is 1.36 bits per heavy atom. The third kappa shape index (κ3) is 4.85. The molecule has 0 bridgehead atoms. The number of alkyl halides is 1. The zero-order valence-electron chi connectivity index (χ0n) is 14.9. The van der Waals surface area contributed by atoms with Crippen molar-refractivity contribution in [2.75, 3.05) is 6.67 Å². The Balaban J connectivity index is 2.29. The molecule has 0 saturated carbocycles. The van der Waals surface area contributed by atoms with E-state index in [-0.39, 0.29) is 12.0 Å². The number of nitrogens with one attached hydrogen (secondary N) is 1. The highest BCUT2D eigenvalue weighted by Gasteiger charge is 2.32. The molecule has 9 heteroatoms. The first-order valence-electron chi connectivity index (χ1n) is 8.44. The van der Waals surface area contributed by atoms with E-state index >= 15 is 0 Å². The van der Waals surface area contributed by atoms with E-state index in [9.17, 15) is 23.6 Å². The van der Waals surface area contributed by atoms with E-state index in [0.717, 1.165) is 4.90 Å². The van der Waals surface area contributed by atoms with E-state index in [1.54, 1.807) is 25.1 Å². The number of benzene rings is 1. The Morgan fingerprint density at radius 2 is 2.07 bits per heavy atom. The molecule has 1 unspecified atom stereocenters. The molecule has 1 heterocycles. The molecule has 2 N–H and O–H groups in total. The van der Waals surface area contributed by atoms with Crippen LogP contribution >= 0.6 is 11.6 Å². The second kappa shape index (κ2) is 9.30. The zero-order valence-corrected chi connectivity index (χ0v) is 15.7. The summed E-state index contributed by atoms with van der Waals surface area (Å²) < 4.78 is 12.7. The molecular weight excluding hydrogens is 391 g/mol. The van der Waals surface area contributed by atoms with Gasteiger partial charge in [-0.15, -0.1) is 5.73 Å². The molecule has 2 rings (SSSR count). The van der Waals surface area contributed by atoms with Crippen LogP contribution in [0.2, 0.25) is 5.02 Å². The third-order valence-corrected chi connectivity index (χ3v) is 4.41. The van der Waals surface area contributed by atoms with Crippen LogP contribution in [0.5, 0.6) is 0 Å². The maximum Gasteiger partial charge on any atom is 0.305 e. The molecule has 0 spiro atoms. The molecule has 0 saturated heterocycles. The summed E-state index contributed by atoms with van der Waals surface area (Å²) in [4.78, 5) is 49.2. The molecule has 0 fully saturated rings. The highest BCUT2D eigenvalue weighted by Crippen LogP contribution is 2.23. The van der Waals surface area contributed by atoms with Crippen LogP contribution in [0.4, 0.5) is 4.39 Å². The van der Waals surface area contributed by atoms with Gasteiger partial charge in [0.25, 0.3) is 5.91 Å². The van der Waals surface area contributed by atoms with Gasteiger partial charge in [0.05, 0.1) is 12.6 Å². The lowest BCUT2D eigenvalue weighted by Gasteiger charge is -2.28. The Labute approximate surface area is 165 Å². The predicted octanol–water partition coefficient (Wildman–Crippen LogP) is 2.20. The van der Waals surface area contributed by atoms with E-state index in [2.05, 4.69) is 11.0 Å². The number of carboxylic acids is 1. The monoisotopic (exact) mass is 408 g/mol. The number of nitrogens with zero attached hydrogens (tertiary/aromatic N) is 1. The first-order chi connectivity index (χ1) is 13.3. The van der Waals surface area contributed by atoms with Crippen molar-refractivity contribution in [3.05, 3.63) is 46.3 Å². The van der Waals surface area contributed by atoms with Crippen LogP contribution in [0.3, 0.4) is 0 Å². The van der Waals surface area contributed by atoms with Gasteiger partial charge >= 0.3 is 5.97 Å². The number of carbonyl (C=O) groups excluding carboxylic acids is 3. The van der Waals surface area contributed by atoms with E-state index in [1.165, 1.54) is 12.3 Å². The molecule has 2 amide bonds. The van der Waals surface area contributed by atoms with Crippen molar-refractivity contribution in [2.45, 2.75) is 31.8 Å². The van der Waals surface area contributed by atoms with Gasteiger partial charge < -0.3 is 10.4 Å². The molecule has 2 atom stereocenters. The first-order valence-corrected chi connectivity index (χ1v) is 8.82. The van der Waals surface area contributed by atoms with Gasteiger partial charge in [0.15, 0.2) is 5.78 Å². The summed E-state index contributed by atoms with van der Waals surface area (Å²) in [7, 11) is 0. The number of hydrogen-bond acceptors (Lipinski definition) is 4. The Bertz CT molecular complexity index is 879. The number of hydrogen-bond donors (Lipinski definition) is 2. The van der Waals surface area contributed by atoms with E-state index in [4.69, 9.17) is 16.7 Å². The first kappa shape index (κ1) is 21.3. The maximum absolute atomic E-state index is 12.9. The van der Waals surface area contributed by atoms with Gasteiger partial charge in [-0.05, 0) is 30.2 Å². The van der Waals surface area contributed by atoms with Gasteiger partial charge in [0.1, 0.15) is 18.8 Å². The van der Waals surface area contributed by atoms with Crippen molar-refractivity contribution < 1.29 is 28.7 Å². The predicted molar refractivity (Wildman–Crippen MR) is 99.4 cm³/mol. The average Bonchev–Trinajstić information content (AvgIpc) is 2.80. The standard InChI is InChI=1S/C19H18ClFN2O5/c1-2-15(18(27)22-14(9-17(25)26)16(24)10-21)23-7-3-4-11-5-6-12(20)8-13(11)19(23)28/h4-8,14-15H,2,9-10H2,1H3,(H,22,27)(H,25,26)/t14?,15-/m0/s1. The van der Waals surface area contributed by atoms with Gasteiger partial charge in [0.2, 0.25) is 5.91 Å².